The zero-order valence-corrected chi connectivity index (χ0v) is 17.5. The van der Waals surface area contributed by atoms with Crippen LogP contribution in [-0.2, 0) is 12.8 Å². The number of nitrogens with zero attached hydrogens (tertiary/aromatic N) is 2. The first-order chi connectivity index (χ1) is 14.0. The lowest BCUT2D eigenvalue weighted by Gasteiger charge is -2.16. The molecule has 3 aromatic rings. The third-order valence-electron chi connectivity index (χ3n) is 5.30. The van der Waals surface area contributed by atoms with Crippen LogP contribution in [-0.4, -0.2) is 29.5 Å². The second-order valence-corrected chi connectivity index (χ2v) is 8.15. The SMILES string of the molecule is COc1ccc([C@H](C)NC(=O)c2cnc3sc4c(n3c2=O)CCCC4)cc1OC. The summed E-state index contributed by atoms with van der Waals surface area (Å²) in [5, 5.41) is 2.89. The van der Waals surface area contributed by atoms with Crippen molar-refractivity contribution in [2.45, 2.75) is 38.6 Å². The molecular weight excluding hydrogens is 390 g/mol. The van der Waals surface area contributed by atoms with E-state index in [0.717, 1.165) is 36.9 Å². The van der Waals surface area contributed by atoms with Gasteiger partial charge in [0.15, 0.2) is 16.5 Å². The molecule has 0 saturated carbocycles. The van der Waals surface area contributed by atoms with Crippen LogP contribution in [0.5, 0.6) is 11.5 Å². The number of methoxy groups -OCH3 is 2. The van der Waals surface area contributed by atoms with Gasteiger partial charge in [-0.15, -0.1) is 11.3 Å². The number of rotatable bonds is 5. The summed E-state index contributed by atoms with van der Waals surface area (Å²) in [4.78, 5) is 32.1. The van der Waals surface area contributed by atoms with E-state index in [1.165, 1.54) is 11.1 Å². The zero-order chi connectivity index (χ0) is 20.5. The van der Waals surface area contributed by atoms with E-state index in [1.807, 2.05) is 19.1 Å². The Hall–Kier alpha value is -2.87. The van der Waals surface area contributed by atoms with Gasteiger partial charge in [-0.1, -0.05) is 6.07 Å². The Morgan fingerprint density at radius 3 is 2.72 bits per heavy atom. The number of ether oxygens (including phenoxy) is 2. The number of carbonyl (C=O) groups excluding carboxylic acids is 1. The molecule has 152 valence electrons. The van der Waals surface area contributed by atoms with Crippen LogP contribution in [0.4, 0.5) is 0 Å². The Balaban J connectivity index is 1.62. The highest BCUT2D eigenvalue weighted by Crippen LogP contribution is 2.30. The number of thiazole rings is 1. The van der Waals surface area contributed by atoms with Gasteiger partial charge in [-0.05, 0) is 50.3 Å². The third kappa shape index (κ3) is 3.48. The molecule has 8 heteroatoms. The second kappa shape index (κ2) is 7.87. The fourth-order valence-electron chi connectivity index (χ4n) is 3.70. The summed E-state index contributed by atoms with van der Waals surface area (Å²) in [5.74, 6) is 0.763. The molecule has 1 aliphatic carbocycles. The van der Waals surface area contributed by atoms with E-state index in [2.05, 4.69) is 10.3 Å². The first-order valence-corrected chi connectivity index (χ1v) is 10.4. The van der Waals surface area contributed by atoms with Crippen molar-refractivity contribution in [1.29, 1.82) is 0 Å². The quantitative estimate of drug-likeness (QED) is 0.695. The van der Waals surface area contributed by atoms with Crippen LogP contribution in [0, 0.1) is 0 Å². The van der Waals surface area contributed by atoms with Crippen molar-refractivity contribution in [2.75, 3.05) is 14.2 Å². The number of aryl methyl sites for hydroxylation is 2. The number of aromatic nitrogens is 2. The van der Waals surface area contributed by atoms with Crippen LogP contribution in [0.3, 0.4) is 0 Å². The Morgan fingerprint density at radius 2 is 1.97 bits per heavy atom. The molecule has 0 fully saturated rings. The normalized spacial score (nSPS) is 14.3. The van der Waals surface area contributed by atoms with Gasteiger partial charge in [0.1, 0.15) is 5.56 Å². The summed E-state index contributed by atoms with van der Waals surface area (Å²) in [6.45, 7) is 1.86. The highest BCUT2D eigenvalue weighted by Gasteiger charge is 2.22. The molecule has 29 heavy (non-hydrogen) atoms. The third-order valence-corrected chi connectivity index (χ3v) is 6.46. The number of carbonyl (C=O) groups is 1. The van der Waals surface area contributed by atoms with Gasteiger partial charge in [-0.3, -0.25) is 14.0 Å². The van der Waals surface area contributed by atoms with Crippen molar-refractivity contribution in [3.63, 3.8) is 0 Å². The van der Waals surface area contributed by atoms with E-state index >= 15 is 0 Å². The van der Waals surface area contributed by atoms with E-state index in [-0.39, 0.29) is 17.2 Å². The van der Waals surface area contributed by atoms with Gasteiger partial charge >= 0.3 is 0 Å². The van der Waals surface area contributed by atoms with Gasteiger partial charge in [0.2, 0.25) is 0 Å². The maximum atomic E-state index is 13.0. The molecule has 0 unspecified atom stereocenters. The summed E-state index contributed by atoms with van der Waals surface area (Å²) < 4.78 is 12.2. The summed E-state index contributed by atoms with van der Waals surface area (Å²) in [5.41, 5.74) is 1.61. The first-order valence-electron chi connectivity index (χ1n) is 9.58. The van der Waals surface area contributed by atoms with Gasteiger partial charge < -0.3 is 14.8 Å². The van der Waals surface area contributed by atoms with Crippen molar-refractivity contribution in [1.82, 2.24) is 14.7 Å². The van der Waals surface area contributed by atoms with Crippen LogP contribution in [0.2, 0.25) is 0 Å². The van der Waals surface area contributed by atoms with Crippen LogP contribution in [0.1, 0.15) is 52.3 Å². The predicted octanol–water partition coefficient (Wildman–Crippen LogP) is 3.14. The Labute approximate surface area is 172 Å². The molecule has 0 radical (unpaired) electrons. The van der Waals surface area contributed by atoms with Gasteiger partial charge in [0.25, 0.3) is 11.5 Å². The molecule has 4 rings (SSSR count). The van der Waals surface area contributed by atoms with Gasteiger partial charge in [0.05, 0.1) is 20.3 Å². The number of amides is 1. The molecule has 2 heterocycles. The molecular formula is C21H23N3O4S. The fraction of sp³-hybridized carbons (Fsp3) is 0.381. The second-order valence-electron chi connectivity index (χ2n) is 7.08. The Bertz CT molecular complexity index is 1130. The number of hydrogen-bond donors (Lipinski definition) is 1. The first kappa shape index (κ1) is 19.4. The minimum atomic E-state index is -0.435. The smallest absolute Gasteiger partial charge is 0.271 e. The summed E-state index contributed by atoms with van der Waals surface area (Å²) in [6.07, 6.45) is 5.39. The summed E-state index contributed by atoms with van der Waals surface area (Å²) in [7, 11) is 3.14. The average Bonchev–Trinajstić information content (AvgIpc) is 3.12. The van der Waals surface area contributed by atoms with Crippen molar-refractivity contribution in [2.24, 2.45) is 0 Å². The van der Waals surface area contributed by atoms with Gasteiger partial charge in [-0.25, -0.2) is 4.98 Å². The molecule has 1 aliphatic rings. The largest absolute Gasteiger partial charge is 0.493 e. The van der Waals surface area contributed by atoms with Gasteiger partial charge in [0, 0.05) is 16.8 Å². The highest BCUT2D eigenvalue weighted by molar-refractivity contribution is 7.17. The topological polar surface area (TPSA) is 81.9 Å². The molecule has 1 amide bonds. The highest BCUT2D eigenvalue weighted by atomic mass is 32.1. The zero-order valence-electron chi connectivity index (χ0n) is 16.7. The summed E-state index contributed by atoms with van der Waals surface area (Å²) in [6, 6.07) is 5.14. The van der Waals surface area contributed by atoms with E-state index in [4.69, 9.17) is 9.47 Å². The molecule has 0 aliphatic heterocycles. The van der Waals surface area contributed by atoms with Crippen LogP contribution in [0.25, 0.3) is 4.96 Å². The number of nitrogens with one attached hydrogen (secondary N) is 1. The average molecular weight is 413 g/mol. The molecule has 2 aromatic heterocycles. The van der Waals surface area contributed by atoms with E-state index in [0.29, 0.717) is 16.5 Å². The van der Waals surface area contributed by atoms with Crippen LogP contribution >= 0.6 is 11.3 Å². The monoisotopic (exact) mass is 413 g/mol. The van der Waals surface area contributed by atoms with Crippen LogP contribution < -0.4 is 20.3 Å². The standard InChI is InChI=1S/C21H23N3O4S/c1-12(13-8-9-16(27-2)17(10-13)28-3)23-19(25)14-11-22-21-24(20(14)26)15-6-4-5-7-18(15)29-21/h8-12H,4-7H2,1-3H3,(H,23,25)/t12-/m0/s1. The lowest BCUT2D eigenvalue weighted by molar-refractivity contribution is 0.0937. The van der Waals surface area contributed by atoms with E-state index in [9.17, 15) is 9.59 Å². The number of benzene rings is 1. The number of hydrogen-bond acceptors (Lipinski definition) is 6. The Morgan fingerprint density at radius 1 is 1.21 bits per heavy atom. The molecule has 1 aromatic carbocycles. The molecule has 0 saturated heterocycles. The summed E-state index contributed by atoms with van der Waals surface area (Å²) >= 11 is 1.55. The molecule has 1 N–H and O–H groups in total. The lowest BCUT2D eigenvalue weighted by Crippen LogP contribution is -2.33. The van der Waals surface area contributed by atoms with Gasteiger partial charge in [-0.2, -0.15) is 0 Å². The molecule has 0 spiro atoms. The maximum Gasteiger partial charge on any atom is 0.271 e. The number of fused-ring (bicyclic) bond motifs is 3. The molecule has 7 nitrogen and oxygen atoms in total. The van der Waals surface area contributed by atoms with Crippen molar-refractivity contribution < 1.29 is 14.3 Å². The van der Waals surface area contributed by atoms with E-state index < -0.39 is 5.91 Å². The van der Waals surface area contributed by atoms with Crippen molar-refractivity contribution in [3.8, 4) is 11.5 Å². The van der Waals surface area contributed by atoms with Crippen molar-refractivity contribution in [3.05, 3.63) is 56.4 Å². The van der Waals surface area contributed by atoms with E-state index in [1.54, 1.807) is 36.0 Å². The minimum absolute atomic E-state index is 0.0565. The Kier molecular flexibility index (Phi) is 5.27. The predicted molar refractivity (Wildman–Crippen MR) is 111 cm³/mol. The maximum absolute atomic E-state index is 13.0. The molecule has 1 atom stereocenters. The van der Waals surface area contributed by atoms with Crippen molar-refractivity contribution >= 4 is 22.2 Å². The molecule has 0 bridgehead atoms. The fourth-order valence-corrected chi connectivity index (χ4v) is 4.87. The lowest BCUT2D eigenvalue weighted by atomic mass is 10.0. The van der Waals surface area contributed by atoms with Crippen LogP contribution in [0.15, 0.2) is 29.2 Å². The minimum Gasteiger partial charge on any atom is -0.493 e.